The zero-order chi connectivity index (χ0) is 20.8. The van der Waals surface area contributed by atoms with Gasteiger partial charge in [-0.2, -0.15) is 5.10 Å². The average molecular weight is 400 g/mol. The first-order valence-corrected chi connectivity index (χ1v) is 10.5. The Hall–Kier alpha value is -2.25. The van der Waals surface area contributed by atoms with Crippen LogP contribution >= 0.6 is 0 Å². The minimum atomic E-state index is -0.0521. The number of pyridine rings is 1. The largest absolute Gasteiger partial charge is 0.369 e. The molecule has 2 aromatic rings. The monoisotopic (exact) mass is 399 g/mol. The molecule has 0 aromatic carbocycles. The van der Waals surface area contributed by atoms with Crippen LogP contribution in [0.4, 0.5) is 0 Å². The van der Waals surface area contributed by atoms with Gasteiger partial charge in [-0.25, -0.2) is 0 Å². The van der Waals surface area contributed by atoms with Gasteiger partial charge in [0.2, 0.25) is 5.91 Å². The molecular formula is C22H33N5O2. The van der Waals surface area contributed by atoms with Crippen LogP contribution in [0.15, 0.2) is 30.6 Å². The number of hydrogen-bond donors (Lipinski definition) is 0. The highest BCUT2D eigenvalue weighted by Crippen LogP contribution is 2.16. The van der Waals surface area contributed by atoms with Crippen molar-refractivity contribution in [2.45, 2.75) is 53.5 Å². The lowest BCUT2D eigenvalue weighted by Crippen LogP contribution is -2.40. The van der Waals surface area contributed by atoms with Crippen LogP contribution in [0.2, 0.25) is 0 Å². The predicted molar refractivity (Wildman–Crippen MR) is 112 cm³/mol. The molecule has 1 saturated heterocycles. The molecule has 1 unspecified atom stereocenters. The maximum Gasteiger partial charge on any atom is 0.236 e. The van der Waals surface area contributed by atoms with Gasteiger partial charge in [0.05, 0.1) is 30.6 Å². The topological polar surface area (TPSA) is 63.5 Å². The van der Waals surface area contributed by atoms with Crippen molar-refractivity contribution in [2.75, 3.05) is 26.2 Å². The van der Waals surface area contributed by atoms with Crippen molar-refractivity contribution in [3.05, 3.63) is 47.5 Å². The van der Waals surface area contributed by atoms with E-state index in [1.54, 1.807) is 6.20 Å². The number of aromatic nitrogens is 3. The number of rotatable bonds is 8. The fourth-order valence-corrected chi connectivity index (χ4v) is 3.70. The standard InChI is InChI=1S/C22H33N5O2/c1-5-27-12-19(18(4)24-27)11-25-13-21(29-16-20-8-6-7-9-23-20)14-26(10-17(2)3)22(28)15-25/h6-9,12,17,21H,5,10-11,13-16H2,1-4H3. The summed E-state index contributed by atoms with van der Waals surface area (Å²) < 4.78 is 8.16. The quantitative estimate of drug-likeness (QED) is 0.682. The molecular weight excluding hydrogens is 366 g/mol. The minimum Gasteiger partial charge on any atom is -0.369 e. The molecule has 1 amide bonds. The van der Waals surface area contributed by atoms with Gasteiger partial charge in [0.15, 0.2) is 0 Å². The third-order valence-electron chi connectivity index (χ3n) is 5.14. The Morgan fingerprint density at radius 2 is 2.10 bits per heavy atom. The van der Waals surface area contributed by atoms with Gasteiger partial charge in [-0.15, -0.1) is 0 Å². The van der Waals surface area contributed by atoms with Crippen LogP contribution in [-0.2, 0) is 29.2 Å². The first-order chi connectivity index (χ1) is 13.9. The third-order valence-corrected chi connectivity index (χ3v) is 5.14. The molecule has 2 aromatic heterocycles. The number of amides is 1. The molecule has 1 aliphatic heterocycles. The summed E-state index contributed by atoms with van der Waals surface area (Å²) in [7, 11) is 0. The van der Waals surface area contributed by atoms with Crippen LogP contribution in [-0.4, -0.2) is 62.8 Å². The van der Waals surface area contributed by atoms with Crippen LogP contribution < -0.4 is 0 Å². The van der Waals surface area contributed by atoms with E-state index in [1.807, 2.05) is 34.7 Å². The third kappa shape index (κ3) is 6.11. The van der Waals surface area contributed by atoms with Crippen LogP contribution in [0, 0.1) is 12.8 Å². The number of nitrogens with zero attached hydrogens (tertiary/aromatic N) is 5. The lowest BCUT2D eigenvalue weighted by molar-refractivity contribution is -0.132. The summed E-state index contributed by atoms with van der Waals surface area (Å²) in [6.07, 6.45) is 3.81. The number of carbonyl (C=O) groups excluding carboxylic acids is 1. The van der Waals surface area contributed by atoms with E-state index in [0.717, 1.165) is 24.5 Å². The van der Waals surface area contributed by atoms with Gasteiger partial charge in [-0.1, -0.05) is 19.9 Å². The first-order valence-electron chi connectivity index (χ1n) is 10.5. The summed E-state index contributed by atoms with van der Waals surface area (Å²) in [6.45, 7) is 12.9. The van der Waals surface area contributed by atoms with Crippen molar-refractivity contribution >= 4 is 5.91 Å². The number of ether oxygens (including phenoxy) is 1. The van der Waals surface area contributed by atoms with E-state index >= 15 is 0 Å². The fraction of sp³-hybridized carbons (Fsp3) is 0.591. The van der Waals surface area contributed by atoms with Gasteiger partial charge in [0.25, 0.3) is 0 Å². The maximum atomic E-state index is 12.9. The van der Waals surface area contributed by atoms with Crippen molar-refractivity contribution in [1.29, 1.82) is 0 Å². The molecule has 1 fully saturated rings. The molecule has 7 heteroatoms. The van der Waals surface area contributed by atoms with E-state index in [2.05, 4.69) is 42.0 Å². The molecule has 0 radical (unpaired) electrons. The second-order valence-electron chi connectivity index (χ2n) is 8.21. The van der Waals surface area contributed by atoms with Crippen molar-refractivity contribution in [3.8, 4) is 0 Å². The minimum absolute atomic E-state index is 0.0521. The lowest BCUT2D eigenvalue weighted by Gasteiger charge is -2.26. The Morgan fingerprint density at radius 1 is 1.28 bits per heavy atom. The molecule has 1 atom stereocenters. The molecule has 158 valence electrons. The smallest absolute Gasteiger partial charge is 0.236 e. The molecule has 0 spiro atoms. The van der Waals surface area contributed by atoms with Crippen molar-refractivity contribution < 1.29 is 9.53 Å². The van der Waals surface area contributed by atoms with E-state index in [4.69, 9.17) is 4.74 Å². The van der Waals surface area contributed by atoms with Gasteiger partial charge < -0.3 is 9.64 Å². The highest BCUT2D eigenvalue weighted by molar-refractivity contribution is 5.78. The Balaban J connectivity index is 1.72. The van der Waals surface area contributed by atoms with E-state index in [9.17, 15) is 4.79 Å². The zero-order valence-electron chi connectivity index (χ0n) is 18.0. The Kier molecular flexibility index (Phi) is 7.39. The number of aryl methyl sites for hydroxylation is 2. The Bertz CT molecular complexity index is 790. The zero-order valence-corrected chi connectivity index (χ0v) is 18.0. The van der Waals surface area contributed by atoms with Gasteiger partial charge in [0.1, 0.15) is 0 Å². The molecule has 0 bridgehead atoms. The van der Waals surface area contributed by atoms with Crippen molar-refractivity contribution in [1.82, 2.24) is 24.6 Å². The van der Waals surface area contributed by atoms with E-state index < -0.39 is 0 Å². The van der Waals surface area contributed by atoms with Crippen molar-refractivity contribution in [2.24, 2.45) is 5.92 Å². The second-order valence-corrected chi connectivity index (χ2v) is 8.21. The summed E-state index contributed by atoms with van der Waals surface area (Å²) in [6, 6.07) is 5.83. The molecule has 29 heavy (non-hydrogen) atoms. The highest BCUT2D eigenvalue weighted by Gasteiger charge is 2.29. The molecule has 3 rings (SSSR count). The molecule has 0 saturated carbocycles. The van der Waals surface area contributed by atoms with E-state index in [-0.39, 0.29) is 12.0 Å². The lowest BCUT2D eigenvalue weighted by atomic mass is 10.2. The summed E-state index contributed by atoms with van der Waals surface area (Å²) in [5.41, 5.74) is 3.10. The van der Waals surface area contributed by atoms with Crippen LogP contribution in [0.5, 0.6) is 0 Å². The second kappa shape index (κ2) is 9.98. The number of carbonyl (C=O) groups is 1. The van der Waals surface area contributed by atoms with Crippen molar-refractivity contribution in [3.63, 3.8) is 0 Å². The summed E-state index contributed by atoms with van der Waals surface area (Å²) >= 11 is 0. The summed E-state index contributed by atoms with van der Waals surface area (Å²) in [4.78, 5) is 21.4. The Labute approximate surface area is 173 Å². The molecule has 1 aliphatic rings. The number of hydrogen-bond acceptors (Lipinski definition) is 5. The maximum absolute atomic E-state index is 12.9. The molecule has 7 nitrogen and oxygen atoms in total. The van der Waals surface area contributed by atoms with Crippen LogP contribution in [0.25, 0.3) is 0 Å². The van der Waals surface area contributed by atoms with Crippen LogP contribution in [0.3, 0.4) is 0 Å². The average Bonchev–Trinajstić information content (AvgIpc) is 2.97. The highest BCUT2D eigenvalue weighted by atomic mass is 16.5. The van der Waals surface area contributed by atoms with Gasteiger partial charge >= 0.3 is 0 Å². The normalized spacial score (nSPS) is 18.4. The summed E-state index contributed by atoms with van der Waals surface area (Å²) in [5, 5.41) is 4.54. The van der Waals surface area contributed by atoms with Gasteiger partial charge in [0, 0.05) is 50.7 Å². The molecule has 0 N–H and O–H groups in total. The fourth-order valence-electron chi connectivity index (χ4n) is 3.70. The van der Waals surface area contributed by atoms with Crippen LogP contribution in [0.1, 0.15) is 37.7 Å². The SMILES string of the molecule is CCn1cc(CN2CC(=O)N(CC(C)C)CC(OCc3ccccn3)C2)c(C)n1. The predicted octanol–water partition coefficient (Wildman–Crippen LogP) is 2.49. The first kappa shape index (κ1) is 21.5. The Morgan fingerprint density at radius 3 is 2.76 bits per heavy atom. The van der Waals surface area contributed by atoms with E-state index in [1.165, 1.54) is 5.56 Å². The molecule has 0 aliphatic carbocycles. The van der Waals surface area contributed by atoms with E-state index in [0.29, 0.717) is 38.7 Å². The summed E-state index contributed by atoms with van der Waals surface area (Å²) in [5.74, 6) is 0.593. The van der Waals surface area contributed by atoms with Gasteiger partial charge in [-0.05, 0) is 31.9 Å². The van der Waals surface area contributed by atoms with Gasteiger partial charge in [-0.3, -0.25) is 19.4 Å². The molecule has 3 heterocycles.